The molecule has 4 N–H and O–H groups in total. The number of anilines is 1. The molecule has 74 valence electrons. The molecule has 2 aromatic rings. The molecule has 0 aliphatic rings. The molecule has 0 saturated heterocycles. The van der Waals surface area contributed by atoms with E-state index in [1.807, 2.05) is 12.3 Å². The average Bonchev–Trinajstić information content (AvgIpc) is 2.55. The third-order valence-electron chi connectivity index (χ3n) is 2.38. The van der Waals surface area contributed by atoms with Crippen molar-refractivity contribution in [1.82, 2.24) is 9.55 Å². The summed E-state index contributed by atoms with van der Waals surface area (Å²) in [4.78, 5) is 4.30. The van der Waals surface area contributed by atoms with Crippen LogP contribution in [0.15, 0.2) is 18.5 Å². The molecule has 0 aliphatic carbocycles. The van der Waals surface area contributed by atoms with E-state index in [9.17, 15) is 0 Å². The van der Waals surface area contributed by atoms with Crippen molar-refractivity contribution in [1.29, 1.82) is 0 Å². The van der Waals surface area contributed by atoms with E-state index in [1.165, 1.54) is 0 Å². The highest BCUT2D eigenvalue weighted by atomic mass is 15.0. The van der Waals surface area contributed by atoms with Crippen LogP contribution in [0.5, 0.6) is 0 Å². The molecule has 0 atom stereocenters. The van der Waals surface area contributed by atoms with Gasteiger partial charge in [-0.3, -0.25) is 0 Å². The second-order valence-electron chi connectivity index (χ2n) is 3.28. The Bertz CT molecular complexity index is 458. The van der Waals surface area contributed by atoms with Crippen molar-refractivity contribution >= 4 is 16.7 Å². The summed E-state index contributed by atoms with van der Waals surface area (Å²) in [5.41, 5.74) is 14.1. The van der Waals surface area contributed by atoms with E-state index < -0.39 is 0 Å². The summed E-state index contributed by atoms with van der Waals surface area (Å²) >= 11 is 0. The smallest absolute Gasteiger partial charge is 0.140 e. The zero-order chi connectivity index (χ0) is 10.1. The van der Waals surface area contributed by atoms with Crippen molar-refractivity contribution in [2.24, 2.45) is 5.73 Å². The molecule has 2 heterocycles. The van der Waals surface area contributed by atoms with Gasteiger partial charge in [-0.25, -0.2) is 4.98 Å². The zero-order valence-electron chi connectivity index (χ0n) is 8.20. The number of aryl methyl sites for hydroxylation is 1. The lowest BCUT2D eigenvalue weighted by molar-refractivity contribution is 0.783. The first-order valence-electron chi connectivity index (χ1n) is 4.69. The second kappa shape index (κ2) is 3.31. The minimum absolute atomic E-state index is 0.522. The van der Waals surface area contributed by atoms with Gasteiger partial charge in [0, 0.05) is 24.7 Å². The predicted octanol–water partition coefficient (Wildman–Crippen LogP) is 1.10. The third kappa shape index (κ3) is 1.24. The van der Waals surface area contributed by atoms with Crippen LogP contribution in [0, 0.1) is 0 Å². The Morgan fingerprint density at radius 2 is 2.29 bits per heavy atom. The average molecular weight is 190 g/mol. The predicted molar refractivity (Wildman–Crippen MR) is 57.7 cm³/mol. The van der Waals surface area contributed by atoms with Crippen LogP contribution in [-0.4, -0.2) is 9.55 Å². The molecule has 0 unspecified atom stereocenters. The van der Waals surface area contributed by atoms with Crippen molar-refractivity contribution in [2.45, 2.75) is 20.0 Å². The van der Waals surface area contributed by atoms with Crippen LogP contribution >= 0.6 is 0 Å². The fourth-order valence-electron chi connectivity index (χ4n) is 1.66. The number of nitrogens with zero attached hydrogens (tertiary/aromatic N) is 2. The first-order chi connectivity index (χ1) is 6.76. The number of fused-ring (bicyclic) bond motifs is 1. The quantitative estimate of drug-likeness (QED) is 0.745. The van der Waals surface area contributed by atoms with Crippen LogP contribution in [0.2, 0.25) is 0 Å². The molecule has 4 heteroatoms. The van der Waals surface area contributed by atoms with Gasteiger partial charge in [-0.05, 0) is 18.6 Å². The molecular formula is C10H14N4. The second-order valence-corrected chi connectivity index (χ2v) is 3.28. The van der Waals surface area contributed by atoms with Gasteiger partial charge in [0.1, 0.15) is 5.65 Å². The molecule has 0 aromatic carbocycles. The van der Waals surface area contributed by atoms with Gasteiger partial charge in [0.2, 0.25) is 0 Å². The highest BCUT2D eigenvalue weighted by molar-refractivity contribution is 5.83. The number of hydrogen-bond donors (Lipinski definition) is 2. The minimum atomic E-state index is 0.522. The first kappa shape index (κ1) is 9.02. The van der Waals surface area contributed by atoms with E-state index in [4.69, 9.17) is 11.5 Å². The van der Waals surface area contributed by atoms with E-state index in [2.05, 4.69) is 16.5 Å². The standard InChI is InChI=1S/C10H14N4/c1-2-14-6-7(4-11)9-3-8(12)5-13-10(9)14/h3,5-6H,2,4,11-12H2,1H3. The molecule has 4 nitrogen and oxygen atoms in total. The molecule has 0 fully saturated rings. The highest BCUT2D eigenvalue weighted by Crippen LogP contribution is 2.21. The Morgan fingerprint density at radius 3 is 2.93 bits per heavy atom. The summed E-state index contributed by atoms with van der Waals surface area (Å²) in [6.45, 7) is 3.50. The summed E-state index contributed by atoms with van der Waals surface area (Å²) in [5.74, 6) is 0. The number of nitrogens with two attached hydrogens (primary N) is 2. The summed E-state index contributed by atoms with van der Waals surface area (Å²) in [6, 6.07) is 1.93. The maximum Gasteiger partial charge on any atom is 0.140 e. The van der Waals surface area contributed by atoms with Gasteiger partial charge in [0.25, 0.3) is 0 Å². The van der Waals surface area contributed by atoms with Crippen molar-refractivity contribution in [2.75, 3.05) is 5.73 Å². The van der Waals surface area contributed by atoms with E-state index >= 15 is 0 Å². The first-order valence-corrected chi connectivity index (χ1v) is 4.69. The largest absolute Gasteiger partial charge is 0.397 e. The summed E-state index contributed by atoms with van der Waals surface area (Å²) in [7, 11) is 0. The number of aromatic nitrogens is 2. The van der Waals surface area contributed by atoms with Crippen LogP contribution in [-0.2, 0) is 13.1 Å². The molecule has 2 aromatic heterocycles. The number of rotatable bonds is 2. The van der Waals surface area contributed by atoms with E-state index in [1.54, 1.807) is 6.20 Å². The van der Waals surface area contributed by atoms with Crippen LogP contribution in [0.3, 0.4) is 0 Å². The molecule has 14 heavy (non-hydrogen) atoms. The minimum Gasteiger partial charge on any atom is -0.397 e. The van der Waals surface area contributed by atoms with E-state index in [0.29, 0.717) is 12.2 Å². The highest BCUT2D eigenvalue weighted by Gasteiger charge is 2.07. The van der Waals surface area contributed by atoms with Gasteiger partial charge >= 0.3 is 0 Å². The topological polar surface area (TPSA) is 69.9 Å². The lowest BCUT2D eigenvalue weighted by Crippen LogP contribution is -1.95. The summed E-state index contributed by atoms with van der Waals surface area (Å²) in [6.07, 6.45) is 3.71. The van der Waals surface area contributed by atoms with Crippen LogP contribution in [0.4, 0.5) is 5.69 Å². The van der Waals surface area contributed by atoms with E-state index in [0.717, 1.165) is 23.1 Å². The normalized spacial score (nSPS) is 11.0. The van der Waals surface area contributed by atoms with Gasteiger partial charge in [0.05, 0.1) is 11.9 Å². The Balaban J connectivity index is 2.75. The maximum absolute atomic E-state index is 5.69. The van der Waals surface area contributed by atoms with Crippen molar-refractivity contribution in [3.63, 3.8) is 0 Å². The van der Waals surface area contributed by atoms with Crippen molar-refractivity contribution in [3.8, 4) is 0 Å². The van der Waals surface area contributed by atoms with Crippen molar-refractivity contribution < 1.29 is 0 Å². The monoisotopic (exact) mass is 190 g/mol. The molecule has 0 bridgehead atoms. The Hall–Kier alpha value is -1.55. The fourth-order valence-corrected chi connectivity index (χ4v) is 1.66. The molecule has 0 spiro atoms. The molecule has 0 amide bonds. The number of pyridine rings is 1. The third-order valence-corrected chi connectivity index (χ3v) is 2.38. The Kier molecular flexibility index (Phi) is 2.13. The molecular weight excluding hydrogens is 176 g/mol. The molecule has 0 radical (unpaired) electrons. The van der Waals surface area contributed by atoms with Gasteiger partial charge in [-0.2, -0.15) is 0 Å². The lowest BCUT2D eigenvalue weighted by Gasteiger charge is -1.98. The molecule has 0 saturated carbocycles. The van der Waals surface area contributed by atoms with Crippen molar-refractivity contribution in [3.05, 3.63) is 24.0 Å². The van der Waals surface area contributed by atoms with Crippen LogP contribution < -0.4 is 11.5 Å². The zero-order valence-corrected chi connectivity index (χ0v) is 8.20. The van der Waals surface area contributed by atoms with Gasteiger partial charge < -0.3 is 16.0 Å². The summed E-state index contributed by atoms with van der Waals surface area (Å²) in [5, 5.41) is 1.06. The van der Waals surface area contributed by atoms with Gasteiger partial charge in [-0.1, -0.05) is 0 Å². The summed E-state index contributed by atoms with van der Waals surface area (Å²) < 4.78 is 2.08. The van der Waals surface area contributed by atoms with Gasteiger partial charge in [-0.15, -0.1) is 0 Å². The Morgan fingerprint density at radius 1 is 1.50 bits per heavy atom. The van der Waals surface area contributed by atoms with Crippen LogP contribution in [0.1, 0.15) is 12.5 Å². The number of nitrogen functional groups attached to an aromatic ring is 1. The number of hydrogen-bond acceptors (Lipinski definition) is 3. The lowest BCUT2D eigenvalue weighted by atomic mass is 10.2. The van der Waals surface area contributed by atoms with E-state index in [-0.39, 0.29) is 0 Å². The molecule has 2 rings (SSSR count). The van der Waals surface area contributed by atoms with Gasteiger partial charge in [0.15, 0.2) is 0 Å². The fraction of sp³-hybridized carbons (Fsp3) is 0.300. The SMILES string of the molecule is CCn1cc(CN)c2cc(N)cnc21. The maximum atomic E-state index is 5.69. The molecule has 0 aliphatic heterocycles. The Labute approximate surface area is 82.5 Å². The van der Waals surface area contributed by atoms with Crippen LogP contribution in [0.25, 0.3) is 11.0 Å².